The minimum atomic E-state index is -0.490. The van der Waals surface area contributed by atoms with Crippen LogP contribution in [0.2, 0.25) is 5.02 Å². The number of nitrogens with zero attached hydrogens (tertiary/aromatic N) is 2. The lowest BCUT2D eigenvalue weighted by molar-refractivity contribution is -0.538. The van der Waals surface area contributed by atoms with Crippen molar-refractivity contribution in [3.8, 4) is 0 Å². The van der Waals surface area contributed by atoms with E-state index < -0.39 is 10.9 Å². The molecule has 148 valence electrons. The first kappa shape index (κ1) is 21.2. The summed E-state index contributed by atoms with van der Waals surface area (Å²) in [4.78, 5) is 23.5. The number of ether oxygens (including phenoxy) is 1. The van der Waals surface area contributed by atoms with Crippen molar-refractivity contribution >= 4 is 40.3 Å². The molecule has 0 saturated carbocycles. The molecule has 0 fully saturated rings. The molecule has 0 saturated heterocycles. The summed E-state index contributed by atoms with van der Waals surface area (Å²) in [5.41, 5.74) is 7.25. The summed E-state index contributed by atoms with van der Waals surface area (Å²) in [6, 6.07) is 12.0. The molecule has 8 nitrogen and oxygen atoms in total. The number of benzene rings is 2. The molecule has 0 atom stereocenters. The predicted octanol–water partition coefficient (Wildman–Crippen LogP) is 3.03. The number of likely N-dealkylation sites (N-methyl/N-ethyl adjacent to an activating group) is 1. The van der Waals surface area contributed by atoms with E-state index in [1.165, 1.54) is 12.1 Å². The summed E-state index contributed by atoms with van der Waals surface area (Å²) in [6.45, 7) is 7.02. The molecule has 0 heterocycles. The van der Waals surface area contributed by atoms with Gasteiger partial charge in [-0.15, -0.1) is 0 Å². The summed E-state index contributed by atoms with van der Waals surface area (Å²) in [5.74, 6) is -0.433. The Balaban J connectivity index is 1.93. The minimum Gasteiger partial charge on any atom is -0.461 e. The number of hydrogen-bond acceptors (Lipinski definition) is 6. The van der Waals surface area contributed by atoms with Gasteiger partial charge in [0.1, 0.15) is 12.3 Å². The van der Waals surface area contributed by atoms with Crippen LogP contribution in [0.15, 0.2) is 55.1 Å². The van der Waals surface area contributed by atoms with Crippen LogP contribution >= 0.6 is 11.6 Å². The number of nitro benzene ring substituents is 1. The van der Waals surface area contributed by atoms with Gasteiger partial charge in [-0.2, -0.15) is 0 Å². The number of esters is 1. The van der Waals surface area contributed by atoms with Gasteiger partial charge in [-0.05, 0) is 25.1 Å². The second kappa shape index (κ2) is 10.3. The average molecular weight is 406 g/mol. The molecular weight excluding hydrogens is 384 g/mol. The minimum absolute atomic E-state index is 0.0571. The van der Waals surface area contributed by atoms with Crippen molar-refractivity contribution in [2.24, 2.45) is 0 Å². The standard InChI is InChI=1S/C19H21ClN4O4/c1-3-19(25)28-12-11-23(4-2)15-7-5-14(6-8-15)21-22-18-10-9-16(24(26)27)13-17(18)20/h3,5-10,13,21-22H,1,4,11-12H2,2H3/p+1. The maximum absolute atomic E-state index is 11.1. The molecule has 28 heavy (non-hydrogen) atoms. The zero-order valence-electron chi connectivity index (χ0n) is 15.4. The fourth-order valence-electron chi connectivity index (χ4n) is 2.46. The SMILES string of the molecule is C=CC(=O)OCCN(CC)c1ccc([NH2+]Nc2ccc([N+](=O)[O-])cc2Cl)cc1. The van der Waals surface area contributed by atoms with E-state index in [-0.39, 0.29) is 17.3 Å². The van der Waals surface area contributed by atoms with Crippen molar-refractivity contribution in [2.75, 3.05) is 30.0 Å². The van der Waals surface area contributed by atoms with Crippen LogP contribution in [0.1, 0.15) is 6.92 Å². The van der Waals surface area contributed by atoms with Crippen molar-refractivity contribution < 1.29 is 19.9 Å². The predicted molar refractivity (Wildman–Crippen MR) is 109 cm³/mol. The number of nitrogens with two attached hydrogens (primary N) is 1. The summed E-state index contributed by atoms with van der Waals surface area (Å²) < 4.78 is 5.02. The van der Waals surface area contributed by atoms with Crippen molar-refractivity contribution in [2.45, 2.75) is 6.92 Å². The van der Waals surface area contributed by atoms with Crippen LogP contribution in [0.3, 0.4) is 0 Å². The lowest BCUT2D eigenvalue weighted by Crippen LogP contribution is -2.82. The molecule has 0 radical (unpaired) electrons. The highest BCUT2D eigenvalue weighted by atomic mass is 35.5. The molecule has 0 aliphatic carbocycles. The molecule has 2 rings (SSSR count). The first-order valence-electron chi connectivity index (χ1n) is 8.62. The third kappa shape index (κ3) is 5.97. The van der Waals surface area contributed by atoms with Gasteiger partial charge in [0.25, 0.3) is 5.69 Å². The van der Waals surface area contributed by atoms with Gasteiger partial charge in [-0.25, -0.2) is 15.6 Å². The number of non-ortho nitro benzene ring substituents is 1. The zero-order valence-corrected chi connectivity index (χ0v) is 16.2. The second-order valence-corrected chi connectivity index (χ2v) is 6.16. The Morgan fingerprint density at radius 3 is 2.64 bits per heavy atom. The largest absolute Gasteiger partial charge is 0.461 e. The topological polar surface area (TPSA) is 101 Å². The number of nitrogen functional groups attached to an aromatic ring is 1. The summed E-state index contributed by atoms with van der Waals surface area (Å²) in [5, 5.41) is 11.0. The lowest BCUT2D eigenvalue weighted by Gasteiger charge is -2.22. The summed E-state index contributed by atoms with van der Waals surface area (Å²) in [6.07, 6.45) is 1.14. The molecule has 3 N–H and O–H groups in total. The molecule has 0 spiro atoms. The molecule has 2 aromatic rings. The van der Waals surface area contributed by atoms with Crippen molar-refractivity contribution in [3.63, 3.8) is 0 Å². The van der Waals surface area contributed by atoms with Gasteiger partial charge in [0.05, 0.1) is 16.5 Å². The van der Waals surface area contributed by atoms with Gasteiger partial charge >= 0.3 is 5.97 Å². The van der Waals surface area contributed by atoms with Gasteiger partial charge < -0.3 is 9.64 Å². The normalized spacial score (nSPS) is 10.2. The highest BCUT2D eigenvalue weighted by molar-refractivity contribution is 6.33. The quantitative estimate of drug-likeness (QED) is 0.157. The number of quaternary nitrogens is 1. The molecule has 2 aromatic carbocycles. The Morgan fingerprint density at radius 1 is 1.36 bits per heavy atom. The number of carbonyl (C=O) groups excluding carboxylic acids is 1. The van der Waals surface area contributed by atoms with E-state index in [4.69, 9.17) is 16.3 Å². The van der Waals surface area contributed by atoms with Crippen LogP contribution in [0.5, 0.6) is 0 Å². The van der Waals surface area contributed by atoms with E-state index in [0.29, 0.717) is 12.2 Å². The third-order valence-corrected chi connectivity index (χ3v) is 4.28. The van der Waals surface area contributed by atoms with Crippen molar-refractivity contribution in [3.05, 3.63) is 70.3 Å². The highest BCUT2D eigenvalue weighted by Crippen LogP contribution is 2.25. The Bertz CT molecular complexity index is 842. The van der Waals surface area contributed by atoms with Crippen LogP contribution in [-0.2, 0) is 9.53 Å². The van der Waals surface area contributed by atoms with Gasteiger partial charge in [0.15, 0.2) is 5.69 Å². The smallest absolute Gasteiger partial charge is 0.330 e. The van der Waals surface area contributed by atoms with E-state index in [9.17, 15) is 14.9 Å². The summed E-state index contributed by atoms with van der Waals surface area (Å²) >= 11 is 6.07. The first-order chi connectivity index (χ1) is 13.4. The van der Waals surface area contributed by atoms with Crippen LogP contribution < -0.4 is 15.8 Å². The van der Waals surface area contributed by atoms with E-state index in [0.717, 1.165) is 24.0 Å². The Hall–Kier alpha value is -3.10. The van der Waals surface area contributed by atoms with Crippen LogP contribution in [0.25, 0.3) is 0 Å². The fraction of sp³-hybridized carbons (Fsp3) is 0.211. The maximum atomic E-state index is 11.1. The Labute approximate surface area is 167 Å². The van der Waals surface area contributed by atoms with Crippen molar-refractivity contribution in [1.82, 2.24) is 0 Å². The van der Waals surface area contributed by atoms with Gasteiger partial charge in [0.2, 0.25) is 0 Å². The molecule has 0 aliphatic rings. The van der Waals surface area contributed by atoms with Crippen LogP contribution in [-0.4, -0.2) is 30.6 Å². The zero-order chi connectivity index (χ0) is 20.5. The highest BCUT2D eigenvalue weighted by Gasteiger charge is 2.11. The van der Waals surface area contributed by atoms with Gasteiger partial charge in [-0.3, -0.25) is 10.1 Å². The van der Waals surface area contributed by atoms with E-state index in [1.54, 1.807) is 11.5 Å². The van der Waals surface area contributed by atoms with Crippen molar-refractivity contribution in [1.29, 1.82) is 0 Å². The number of anilines is 2. The molecule has 0 unspecified atom stereocenters. The molecule has 0 aliphatic heterocycles. The van der Waals surface area contributed by atoms with Gasteiger partial charge in [-0.1, -0.05) is 18.2 Å². The number of rotatable bonds is 10. The Morgan fingerprint density at radius 2 is 2.07 bits per heavy atom. The molecule has 9 heteroatoms. The lowest BCUT2D eigenvalue weighted by atomic mass is 10.2. The summed E-state index contributed by atoms with van der Waals surface area (Å²) in [7, 11) is 0. The van der Waals surface area contributed by atoms with E-state index >= 15 is 0 Å². The molecule has 0 amide bonds. The van der Waals surface area contributed by atoms with E-state index in [1.807, 2.05) is 31.2 Å². The van der Waals surface area contributed by atoms with Crippen LogP contribution in [0.4, 0.5) is 22.7 Å². The molecule has 0 bridgehead atoms. The van der Waals surface area contributed by atoms with Crippen LogP contribution in [0, 0.1) is 10.1 Å². The molecular formula is C19H22ClN4O4+. The maximum Gasteiger partial charge on any atom is 0.330 e. The number of nitro groups is 1. The van der Waals surface area contributed by atoms with E-state index in [2.05, 4.69) is 16.9 Å². The van der Waals surface area contributed by atoms with Gasteiger partial charge in [0, 0.05) is 42.6 Å². The third-order valence-electron chi connectivity index (χ3n) is 3.97. The monoisotopic (exact) mass is 405 g/mol. The molecule has 0 aromatic heterocycles. The number of hydrogen-bond donors (Lipinski definition) is 2. The number of halogens is 1. The Kier molecular flexibility index (Phi) is 7.79. The number of carbonyl (C=O) groups is 1. The average Bonchev–Trinajstić information content (AvgIpc) is 2.70. The second-order valence-electron chi connectivity index (χ2n) is 5.75. The number of nitrogens with one attached hydrogen (secondary N) is 1. The first-order valence-corrected chi connectivity index (χ1v) is 9.00. The fourth-order valence-corrected chi connectivity index (χ4v) is 2.69.